The van der Waals surface area contributed by atoms with E-state index in [0.717, 1.165) is 0 Å². The van der Waals surface area contributed by atoms with Crippen LogP contribution in [0, 0.1) is 0 Å². The van der Waals surface area contributed by atoms with Crippen molar-refractivity contribution in [2.45, 2.75) is 25.7 Å². The third kappa shape index (κ3) is 1.73. The third-order valence-electron chi connectivity index (χ3n) is 3.53. The van der Waals surface area contributed by atoms with E-state index in [1.54, 1.807) is 0 Å². The van der Waals surface area contributed by atoms with Gasteiger partial charge in [0.1, 0.15) is 0 Å². The van der Waals surface area contributed by atoms with Crippen molar-refractivity contribution in [3.8, 4) is 0 Å². The van der Waals surface area contributed by atoms with E-state index < -0.39 is 0 Å². The largest absolute Gasteiger partial charge is 0.0763 e. The maximum atomic E-state index is 3.80. The molecule has 2 aromatic rings. The molecule has 0 heterocycles. The van der Waals surface area contributed by atoms with Crippen molar-refractivity contribution in [3.05, 3.63) is 52.0 Å². The Hall–Kier alpha value is -1.08. The minimum Gasteiger partial charge on any atom is -0.0763 e. The van der Waals surface area contributed by atoms with Gasteiger partial charge in [0.2, 0.25) is 0 Å². The summed E-state index contributed by atoms with van der Waals surface area (Å²) in [6.45, 7) is 2.25. The van der Waals surface area contributed by atoms with Crippen molar-refractivity contribution in [2.24, 2.45) is 0 Å². The van der Waals surface area contributed by atoms with E-state index >= 15 is 0 Å². The summed E-state index contributed by atoms with van der Waals surface area (Å²) < 4.78 is 1.29. The van der Waals surface area contributed by atoms with Crippen molar-refractivity contribution in [3.63, 3.8) is 0 Å². The average Bonchev–Trinajstić information content (AvgIpc) is 2.74. The maximum Gasteiger partial charge on any atom is 0.0297 e. The highest BCUT2D eigenvalue weighted by atomic mass is 79.9. The summed E-state index contributed by atoms with van der Waals surface area (Å²) in [6.07, 6.45) is 7.08. The van der Waals surface area contributed by atoms with Gasteiger partial charge in [-0.25, -0.2) is 0 Å². The molecule has 0 saturated heterocycles. The van der Waals surface area contributed by atoms with Crippen LogP contribution in [0.1, 0.15) is 36.8 Å². The van der Waals surface area contributed by atoms with Crippen LogP contribution in [0.25, 0.3) is 16.8 Å². The first kappa shape index (κ1) is 11.0. The molecule has 0 amide bonds. The summed E-state index contributed by atoms with van der Waals surface area (Å²) in [5, 5.41) is 2.65. The highest BCUT2D eigenvalue weighted by molar-refractivity contribution is 9.10. The van der Waals surface area contributed by atoms with Gasteiger partial charge in [0.15, 0.2) is 0 Å². The Morgan fingerprint density at radius 2 is 2.06 bits per heavy atom. The summed E-state index contributed by atoms with van der Waals surface area (Å²) >= 11 is 3.80. The van der Waals surface area contributed by atoms with Crippen LogP contribution >= 0.6 is 15.9 Å². The fourth-order valence-corrected chi connectivity index (χ4v) is 3.61. The molecule has 0 spiro atoms. The molecule has 17 heavy (non-hydrogen) atoms. The number of halogens is 1. The summed E-state index contributed by atoms with van der Waals surface area (Å²) in [6, 6.07) is 10.9. The number of fused-ring (bicyclic) bond motifs is 2. The van der Waals surface area contributed by atoms with Crippen LogP contribution in [-0.2, 0) is 0 Å². The smallest absolute Gasteiger partial charge is 0.0297 e. The Morgan fingerprint density at radius 3 is 2.88 bits per heavy atom. The van der Waals surface area contributed by atoms with Gasteiger partial charge in [-0.05, 0) is 50.3 Å². The number of allylic oxidation sites excluding steroid dienone is 1. The van der Waals surface area contributed by atoms with Crippen molar-refractivity contribution in [2.75, 3.05) is 0 Å². The maximum absolute atomic E-state index is 3.80. The summed E-state index contributed by atoms with van der Waals surface area (Å²) in [4.78, 5) is 0. The second-order valence-electron chi connectivity index (χ2n) is 4.67. The first-order valence-electron chi connectivity index (χ1n) is 6.20. The van der Waals surface area contributed by atoms with Gasteiger partial charge in [0, 0.05) is 10.4 Å². The predicted octanol–water partition coefficient (Wildman–Crippen LogP) is 5.51. The molecule has 1 aliphatic carbocycles. The van der Waals surface area contributed by atoms with Crippen LogP contribution in [0.2, 0.25) is 0 Å². The van der Waals surface area contributed by atoms with Gasteiger partial charge in [-0.15, -0.1) is 0 Å². The molecule has 0 saturated carbocycles. The molecule has 1 aliphatic rings. The van der Waals surface area contributed by atoms with Gasteiger partial charge in [0.05, 0.1) is 0 Å². The van der Waals surface area contributed by atoms with Crippen LogP contribution in [0.15, 0.2) is 40.9 Å². The van der Waals surface area contributed by atoms with Crippen molar-refractivity contribution < 1.29 is 0 Å². The predicted molar refractivity (Wildman–Crippen MR) is 78.3 cm³/mol. The standard InChI is InChI=1S/C16H15Br/c1-2-5-11-8-9-13-10-12-6-3-4-7-14(12)16(17)15(11)13/h3-4,6-11H,2,5H2,1H3. The van der Waals surface area contributed by atoms with Crippen LogP contribution < -0.4 is 0 Å². The number of benzene rings is 2. The zero-order valence-electron chi connectivity index (χ0n) is 9.91. The highest BCUT2D eigenvalue weighted by Crippen LogP contribution is 2.42. The van der Waals surface area contributed by atoms with Crippen molar-refractivity contribution in [1.82, 2.24) is 0 Å². The third-order valence-corrected chi connectivity index (χ3v) is 4.39. The number of hydrogen-bond acceptors (Lipinski definition) is 0. The van der Waals surface area contributed by atoms with E-state index in [4.69, 9.17) is 0 Å². The quantitative estimate of drug-likeness (QED) is 0.683. The fourth-order valence-electron chi connectivity index (χ4n) is 2.72. The first-order valence-corrected chi connectivity index (χ1v) is 7.00. The molecule has 0 radical (unpaired) electrons. The second-order valence-corrected chi connectivity index (χ2v) is 5.46. The van der Waals surface area contributed by atoms with Crippen LogP contribution in [0.3, 0.4) is 0 Å². The van der Waals surface area contributed by atoms with Gasteiger partial charge < -0.3 is 0 Å². The molecule has 0 nitrogen and oxygen atoms in total. The molecule has 2 aromatic carbocycles. The first-order chi connectivity index (χ1) is 8.31. The van der Waals surface area contributed by atoms with E-state index in [2.05, 4.69) is 65.3 Å². The van der Waals surface area contributed by atoms with Gasteiger partial charge in [-0.3, -0.25) is 0 Å². The Morgan fingerprint density at radius 1 is 1.24 bits per heavy atom. The van der Waals surface area contributed by atoms with E-state index in [9.17, 15) is 0 Å². The monoisotopic (exact) mass is 286 g/mol. The Bertz CT molecular complexity index is 596. The Kier molecular flexibility index (Phi) is 2.79. The van der Waals surface area contributed by atoms with E-state index in [-0.39, 0.29) is 0 Å². The lowest BCUT2D eigenvalue weighted by Gasteiger charge is -2.14. The number of hydrogen-bond donors (Lipinski definition) is 0. The molecule has 1 unspecified atom stereocenters. The molecule has 0 aliphatic heterocycles. The van der Waals surface area contributed by atoms with E-state index in [1.807, 2.05) is 0 Å². The Labute approximate surface area is 110 Å². The second kappa shape index (κ2) is 4.30. The van der Waals surface area contributed by atoms with Crippen LogP contribution in [-0.4, -0.2) is 0 Å². The van der Waals surface area contributed by atoms with Crippen molar-refractivity contribution >= 4 is 32.8 Å². The average molecular weight is 287 g/mol. The highest BCUT2D eigenvalue weighted by Gasteiger charge is 2.20. The van der Waals surface area contributed by atoms with Crippen molar-refractivity contribution in [1.29, 1.82) is 0 Å². The normalized spacial score (nSPS) is 17.6. The van der Waals surface area contributed by atoms with Gasteiger partial charge >= 0.3 is 0 Å². The van der Waals surface area contributed by atoms with Crippen LogP contribution in [0.4, 0.5) is 0 Å². The molecule has 0 fully saturated rings. The lowest BCUT2D eigenvalue weighted by molar-refractivity contribution is 0.724. The lowest BCUT2D eigenvalue weighted by atomic mass is 9.94. The van der Waals surface area contributed by atoms with E-state index in [1.165, 1.54) is 39.2 Å². The molecular formula is C16H15Br. The van der Waals surface area contributed by atoms with E-state index in [0.29, 0.717) is 5.92 Å². The summed E-state index contributed by atoms with van der Waals surface area (Å²) in [5.41, 5.74) is 2.86. The molecule has 0 N–H and O–H groups in total. The molecule has 86 valence electrons. The fraction of sp³-hybridized carbons (Fsp3) is 0.250. The zero-order valence-corrected chi connectivity index (χ0v) is 11.5. The van der Waals surface area contributed by atoms with Gasteiger partial charge in [-0.2, -0.15) is 0 Å². The lowest BCUT2D eigenvalue weighted by Crippen LogP contribution is -1.95. The molecule has 1 heteroatoms. The summed E-state index contributed by atoms with van der Waals surface area (Å²) in [7, 11) is 0. The molecule has 0 aromatic heterocycles. The van der Waals surface area contributed by atoms with Gasteiger partial charge in [0.25, 0.3) is 0 Å². The Balaban J connectivity index is 2.24. The zero-order chi connectivity index (χ0) is 11.8. The molecule has 0 bridgehead atoms. The van der Waals surface area contributed by atoms with Gasteiger partial charge in [-0.1, -0.05) is 49.8 Å². The SMILES string of the molecule is CCCC1C=Cc2cc3ccccc3c(Br)c21. The minimum absolute atomic E-state index is 0.592. The minimum atomic E-state index is 0.592. The summed E-state index contributed by atoms with van der Waals surface area (Å²) in [5.74, 6) is 0.592. The number of rotatable bonds is 2. The molecule has 1 atom stereocenters. The molecular weight excluding hydrogens is 272 g/mol. The molecule has 3 rings (SSSR count). The topological polar surface area (TPSA) is 0 Å². The van der Waals surface area contributed by atoms with Crippen LogP contribution in [0.5, 0.6) is 0 Å².